The van der Waals surface area contributed by atoms with E-state index in [1.54, 1.807) is 35.5 Å². The molecule has 0 spiro atoms. The maximum atomic E-state index is 12.9. The standard InChI is InChI=1S/C18H19N5O4S/c24-16-5-12-28(26,27)23(16)15-4-1-3-14(13-15)17(25)21-8-10-22(11-9-21)18-19-6-2-7-20-18/h1-4,6-7,13H,5,8-12H2. The van der Waals surface area contributed by atoms with Gasteiger partial charge >= 0.3 is 0 Å². The average Bonchev–Trinajstić information content (AvgIpc) is 3.00. The molecule has 0 bridgehead atoms. The monoisotopic (exact) mass is 401 g/mol. The molecule has 0 N–H and O–H groups in total. The van der Waals surface area contributed by atoms with Crippen LogP contribution in [0.2, 0.25) is 0 Å². The van der Waals surface area contributed by atoms with Gasteiger partial charge in [-0.1, -0.05) is 6.07 Å². The van der Waals surface area contributed by atoms with Crippen LogP contribution in [0.4, 0.5) is 11.6 Å². The lowest BCUT2D eigenvalue weighted by Crippen LogP contribution is -2.49. The van der Waals surface area contributed by atoms with Crippen molar-refractivity contribution in [3.05, 3.63) is 48.3 Å². The Morgan fingerprint density at radius 1 is 1.00 bits per heavy atom. The Morgan fingerprint density at radius 2 is 1.71 bits per heavy atom. The van der Waals surface area contributed by atoms with E-state index in [0.29, 0.717) is 37.7 Å². The predicted molar refractivity (Wildman–Crippen MR) is 102 cm³/mol. The molecule has 2 saturated heterocycles. The number of piperazine rings is 1. The summed E-state index contributed by atoms with van der Waals surface area (Å²) in [4.78, 5) is 37.0. The van der Waals surface area contributed by atoms with Crippen molar-refractivity contribution in [3.8, 4) is 0 Å². The number of rotatable bonds is 3. The van der Waals surface area contributed by atoms with E-state index < -0.39 is 15.9 Å². The second kappa shape index (κ2) is 7.19. The molecule has 146 valence electrons. The number of carbonyl (C=O) groups is 2. The second-order valence-corrected chi connectivity index (χ2v) is 8.54. The molecule has 28 heavy (non-hydrogen) atoms. The van der Waals surface area contributed by atoms with Crippen LogP contribution in [0.1, 0.15) is 16.8 Å². The molecule has 0 aliphatic carbocycles. The van der Waals surface area contributed by atoms with Crippen molar-refractivity contribution in [3.63, 3.8) is 0 Å². The number of hydrogen-bond donors (Lipinski definition) is 0. The first kappa shape index (κ1) is 18.4. The summed E-state index contributed by atoms with van der Waals surface area (Å²) < 4.78 is 25.0. The number of benzene rings is 1. The van der Waals surface area contributed by atoms with E-state index in [9.17, 15) is 18.0 Å². The van der Waals surface area contributed by atoms with Crippen LogP contribution >= 0.6 is 0 Å². The zero-order valence-electron chi connectivity index (χ0n) is 15.1. The molecule has 0 unspecified atom stereocenters. The highest BCUT2D eigenvalue weighted by molar-refractivity contribution is 7.94. The summed E-state index contributed by atoms with van der Waals surface area (Å²) in [5, 5.41) is 0. The molecule has 1 aromatic heterocycles. The van der Waals surface area contributed by atoms with Crippen molar-refractivity contribution in [2.24, 2.45) is 0 Å². The zero-order valence-corrected chi connectivity index (χ0v) is 15.9. The molecule has 2 fully saturated rings. The first-order valence-corrected chi connectivity index (χ1v) is 10.5. The van der Waals surface area contributed by atoms with E-state index in [4.69, 9.17) is 0 Å². The molecule has 10 heteroatoms. The van der Waals surface area contributed by atoms with Gasteiger partial charge in [0.05, 0.1) is 11.4 Å². The third-order valence-corrected chi connectivity index (χ3v) is 6.50. The summed E-state index contributed by atoms with van der Waals surface area (Å²) in [6, 6.07) is 7.98. The predicted octanol–water partition coefficient (Wildman–Crippen LogP) is 0.505. The summed E-state index contributed by atoms with van der Waals surface area (Å²) in [6.07, 6.45) is 3.32. The quantitative estimate of drug-likeness (QED) is 0.738. The van der Waals surface area contributed by atoms with E-state index in [0.717, 1.165) is 4.31 Å². The van der Waals surface area contributed by atoms with Crippen LogP contribution in [0.5, 0.6) is 0 Å². The molecule has 0 radical (unpaired) electrons. The minimum atomic E-state index is -3.66. The lowest BCUT2D eigenvalue weighted by molar-refractivity contribution is -0.116. The summed E-state index contributed by atoms with van der Waals surface area (Å²) in [7, 11) is -3.66. The molecule has 0 atom stereocenters. The van der Waals surface area contributed by atoms with Crippen LogP contribution < -0.4 is 9.21 Å². The molecule has 2 aliphatic heterocycles. The smallest absolute Gasteiger partial charge is 0.254 e. The van der Waals surface area contributed by atoms with Gasteiger partial charge in [-0.25, -0.2) is 22.7 Å². The van der Waals surface area contributed by atoms with Gasteiger partial charge in [0.2, 0.25) is 21.9 Å². The van der Waals surface area contributed by atoms with Crippen LogP contribution in [0.3, 0.4) is 0 Å². The minimum Gasteiger partial charge on any atom is -0.337 e. The first-order valence-electron chi connectivity index (χ1n) is 8.93. The van der Waals surface area contributed by atoms with E-state index in [1.165, 1.54) is 12.1 Å². The van der Waals surface area contributed by atoms with Gasteiger partial charge in [0.1, 0.15) is 0 Å². The van der Waals surface area contributed by atoms with E-state index in [2.05, 4.69) is 9.97 Å². The molecule has 2 amide bonds. The number of amides is 2. The molecule has 9 nitrogen and oxygen atoms in total. The Kier molecular flexibility index (Phi) is 4.71. The van der Waals surface area contributed by atoms with Gasteiger partial charge in [-0.15, -0.1) is 0 Å². The number of hydrogen-bond acceptors (Lipinski definition) is 7. The Balaban J connectivity index is 1.48. The minimum absolute atomic E-state index is 0.0377. The van der Waals surface area contributed by atoms with Crippen LogP contribution in [0, 0.1) is 0 Å². The van der Waals surface area contributed by atoms with Crippen molar-refractivity contribution in [2.75, 3.05) is 41.1 Å². The maximum absolute atomic E-state index is 12.9. The summed E-state index contributed by atoms with van der Waals surface area (Å²) >= 11 is 0. The van der Waals surface area contributed by atoms with Crippen molar-refractivity contribution < 1.29 is 18.0 Å². The molecular weight excluding hydrogens is 382 g/mol. The van der Waals surface area contributed by atoms with Crippen LogP contribution in [-0.4, -0.2) is 67.0 Å². The van der Waals surface area contributed by atoms with Crippen LogP contribution in [0.25, 0.3) is 0 Å². The normalized spacial score (nSPS) is 19.1. The molecule has 1 aromatic carbocycles. The average molecular weight is 401 g/mol. The summed E-state index contributed by atoms with van der Waals surface area (Å²) in [6.45, 7) is 2.22. The lowest BCUT2D eigenvalue weighted by atomic mass is 10.1. The lowest BCUT2D eigenvalue weighted by Gasteiger charge is -2.34. The largest absolute Gasteiger partial charge is 0.337 e. The Morgan fingerprint density at radius 3 is 2.36 bits per heavy atom. The van der Waals surface area contributed by atoms with Gasteiger partial charge in [0.25, 0.3) is 5.91 Å². The first-order chi connectivity index (χ1) is 13.5. The van der Waals surface area contributed by atoms with Crippen molar-refractivity contribution in [1.82, 2.24) is 14.9 Å². The van der Waals surface area contributed by atoms with E-state index in [-0.39, 0.29) is 23.8 Å². The highest BCUT2D eigenvalue weighted by Crippen LogP contribution is 2.26. The van der Waals surface area contributed by atoms with Gasteiger partial charge in [-0.2, -0.15) is 0 Å². The number of aromatic nitrogens is 2. The Labute approximate surface area is 162 Å². The third kappa shape index (κ3) is 3.42. The fourth-order valence-corrected chi connectivity index (χ4v) is 4.83. The van der Waals surface area contributed by atoms with Crippen LogP contribution in [-0.2, 0) is 14.8 Å². The van der Waals surface area contributed by atoms with Gasteiger partial charge in [-0.3, -0.25) is 9.59 Å². The number of anilines is 2. The summed E-state index contributed by atoms with van der Waals surface area (Å²) in [5.41, 5.74) is 0.571. The van der Waals surface area contributed by atoms with Gasteiger partial charge in [0, 0.05) is 50.6 Å². The van der Waals surface area contributed by atoms with E-state index in [1.807, 2.05) is 4.90 Å². The highest BCUT2D eigenvalue weighted by atomic mass is 32.2. The van der Waals surface area contributed by atoms with Gasteiger partial charge < -0.3 is 9.80 Å². The van der Waals surface area contributed by atoms with Gasteiger partial charge in [0.15, 0.2) is 0 Å². The van der Waals surface area contributed by atoms with Crippen molar-refractivity contribution in [2.45, 2.75) is 6.42 Å². The fourth-order valence-electron chi connectivity index (χ4n) is 3.38. The second-order valence-electron chi connectivity index (χ2n) is 6.60. The van der Waals surface area contributed by atoms with Gasteiger partial charge in [-0.05, 0) is 24.3 Å². The molecule has 2 aliphatic rings. The summed E-state index contributed by atoms with van der Waals surface area (Å²) in [5.74, 6) is -0.233. The fraction of sp³-hybridized carbons (Fsp3) is 0.333. The highest BCUT2D eigenvalue weighted by Gasteiger charge is 2.36. The molecule has 3 heterocycles. The number of carbonyl (C=O) groups excluding carboxylic acids is 2. The van der Waals surface area contributed by atoms with Crippen molar-refractivity contribution in [1.29, 1.82) is 0 Å². The molecule has 2 aromatic rings. The maximum Gasteiger partial charge on any atom is 0.254 e. The van der Waals surface area contributed by atoms with E-state index >= 15 is 0 Å². The number of nitrogens with zero attached hydrogens (tertiary/aromatic N) is 5. The molecule has 0 saturated carbocycles. The molecule has 4 rings (SSSR count). The Bertz CT molecular complexity index is 1000. The van der Waals surface area contributed by atoms with Crippen molar-refractivity contribution >= 4 is 33.5 Å². The Hall–Kier alpha value is -3.01. The third-order valence-electron chi connectivity index (χ3n) is 4.81. The number of sulfonamides is 1. The SMILES string of the molecule is O=C(c1cccc(N2C(=O)CCS2(=O)=O)c1)N1CCN(c2ncccn2)CC1. The topological polar surface area (TPSA) is 104 Å². The zero-order chi connectivity index (χ0) is 19.7. The van der Waals surface area contributed by atoms with Crippen LogP contribution in [0.15, 0.2) is 42.7 Å². The molecular formula is C18H19N5O4S.